The number of ether oxygens (including phenoxy) is 1. The molecule has 0 radical (unpaired) electrons. The number of furan rings is 1. The number of nitrogens with zero attached hydrogens (tertiary/aromatic N) is 3. The summed E-state index contributed by atoms with van der Waals surface area (Å²) in [4.78, 5) is 12.6. The first kappa shape index (κ1) is 16.6. The van der Waals surface area contributed by atoms with E-state index in [4.69, 9.17) is 14.9 Å². The maximum absolute atomic E-state index is 5.83. The highest BCUT2D eigenvalue weighted by Crippen LogP contribution is 2.26. The number of aryl methyl sites for hydroxylation is 1. The molecule has 0 saturated carbocycles. The Morgan fingerprint density at radius 1 is 1.00 bits per heavy atom. The van der Waals surface area contributed by atoms with Crippen molar-refractivity contribution in [2.24, 2.45) is 0 Å². The number of hydrogen-bond acceptors (Lipinski definition) is 7. The third-order valence-electron chi connectivity index (χ3n) is 3.79. The molecule has 0 amide bonds. The zero-order valence-electron chi connectivity index (χ0n) is 14.6. The average molecular weight is 359 g/mol. The van der Waals surface area contributed by atoms with E-state index >= 15 is 0 Å². The van der Waals surface area contributed by atoms with Crippen molar-refractivity contribution in [3.05, 3.63) is 72.9 Å². The van der Waals surface area contributed by atoms with E-state index in [1.807, 2.05) is 55.5 Å². The van der Waals surface area contributed by atoms with E-state index in [0.29, 0.717) is 11.5 Å². The molecule has 7 nitrogen and oxygen atoms in total. The minimum absolute atomic E-state index is 0.184. The van der Waals surface area contributed by atoms with Gasteiger partial charge in [0.05, 0.1) is 18.2 Å². The normalized spacial score (nSPS) is 10.6. The smallest absolute Gasteiger partial charge is 0.222 e. The summed E-state index contributed by atoms with van der Waals surface area (Å²) in [5.41, 5.74) is 9.10. The van der Waals surface area contributed by atoms with Crippen molar-refractivity contribution in [1.29, 1.82) is 0 Å². The maximum Gasteiger partial charge on any atom is 0.222 e. The summed E-state index contributed by atoms with van der Waals surface area (Å²) in [5.74, 6) is 2.25. The molecule has 4 aromatic rings. The molecule has 0 aliphatic heterocycles. The first-order chi connectivity index (χ1) is 13.2. The lowest BCUT2D eigenvalue weighted by Crippen LogP contribution is -2.01. The minimum atomic E-state index is 0.184. The molecule has 0 atom stereocenters. The van der Waals surface area contributed by atoms with Crippen molar-refractivity contribution < 1.29 is 9.15 Å². The van der Waals surface area contributed by atoms with Gasteiger partial charge in [-0.2, -0.15) is 4.98 Å². The Kier molecular flexibility index (Phi) is 4.40. The predicted octanol–water partition coefficient (Wildman–Crippen LogP) is 4.56. The summed E-state index contributed by atoms with van der Waals surface area (Å²) >= 11 is 0. The van der Waals surface area contributed by atoms with Crippen LogP contribution >= 0.6 is 0 Å². The highest BCUT2D eigenvalue weighted by atomic mass is 16.5. The minimum Gasteiger partial charge on any atom is -0.472 e. The third-order valence-corrected chi connectivity index (χ3v) is 3.79. The van der Waals surface area contributed by atoms with Crippen molar-refractivity contribution in [2.45, 2.75) is 6.92 Å². The Morgan fingerprint density at radius 2 is 1.85 bits per heavy atom. The van der Waals surface area contributed by atoms with E-state index < -0.39 is 0 Å². The number of nitrogens with one attached hydrogen (secondary N) is 1. The van der Waals surface area contributed by atoms with Crippen molar-refractivity contribution in [3.63, 3.8) is 0 Å². The SMILES string of the molecule is Cc1cc(Oc2ccc(Nc3cc(-c4ccoc4)nc(N)n3)cc2)ccn1. The van der Waals surface area contributed by atoms with Crippen LogP contribution in [0, 0.1) is 6.92 Å². The Morgan fingerprint density at radius 3 is 2.59 bits per heavy atom. The van der Waals surface area contributed by atoms with Gasteiger partial charge in [-0.15, -0.1) is 0 Å². The average Bonchev–Trinajstić information content (AvgIpc) is 3.18. The van der Waals surface area contributed by atoms with E-state index in [1.54, 1.807) is 18.7 Å². The summed E-state index contributed by atoms with van der Waals surface area (Å²) in [6.45, 7) is 1.92. The number of pyridine rings is 1. The molecule has 0 bridgehead atoms. The first-order valence-corrected chi connectivity index (χ1v) is 8.30. The Hall–Kier alpha value is -3.87. The molecule has 0 unspecified atom stereocenters. The number of anilines is 3. The number of aromatic nitrogens is 3. The Bertz CT molecular complexity index is 1050. The molecule has 0 aliphatic rings. The number of nitrogen functional groups attached to an aromatic ring is 1. The Labute approximate surface area is 155 Å². The monoisotopic (exact) mass is 359 g/mol. The molecule has 3 aromatic heterocycles. The zero-order chi connectivity index (χ0) is 18.6. The molecular weight excluding hydrogens is 342 g/mol. The van der Waals surface area contributed by atoms with E-state index in [9.17, 15) is 0 Å². The van der Waals surface area contributed by atoms with Crippen LogP contribution in [0.25, 0.3) is 11.3 Å². The lowest BCUT2D eigenvalue weighted by Gasteiger charge is -2.10. The van der Waals surface area contributed by atoms with Gasteiger partial charge in [-0.3, -0.25) is 4.98 Å². The Balaban J connectivity index is 1.50. The highest BCUT2D eigenvalue weighted by molar-refractivity contribution is 5.66. The topological polar surface area (TPSA) is 99.1 Å². The van der Waals surface area contributed by atoms with Crippen LogP contribution < -0.4 is 15.8 Å². The predicted molar refractivity (Wildman–Crippen MR) is 103 cm³/mol. The fourth-order valence-electron chi connectivity index (χ4n) is 2.56. The molecule has 0 saturated heterocycles. The third kappa shape index (κ3) is 4.04. The molecule has 7 heteroatoms. The molecule has 3 heterocycles. The first-order valence-electron chi connectivity index (χ1n) is 8.30. The summed E-state index contributed by atoms with van der Waals surface area (Å²) in [5, 5.41) is 3.22. The quantitative estimate of drug-likeness (QED) is 0.539. The summed E-state index contributed by atoms with van der Waals surface area (Å²) in [6, 6.07) is 14.9. The van der Waals surface area contributed by atoms with Crippen LogP contribution in [0.4, 0.5) is 17.5 Å². The maximum atomic E-state index is 5.83. The summed E-state index contributed by atoms with van der Waals surface area (Å²) in [6.07, 6.45) is 4.92. The number of rotatable bonds is 5. The molecule has 134 valence electrons. The molecule has 0 spiro atoms. The second-order valence-corrected chi connectivity index (χ2v) is 5.89. The standard InChI is InChI=1S/C20H17N5O2/c1-13-10-17(6-8-22-13)27-16-4-2-15(3-5-16)23-19-11-18(24-20(21)25-19)14-7-9-26-12-14/h2-12H,1H3,(H3,21,23,24,25). The molecule has 4 rings (SSSR count). The van der Waals surface area contributed by atoms with E-state index in [2.05, 4.69) is 20.3 Å². The molecule has 0 fully saturated rings. The fraction of sp³-hybridized carbons (Fsp3) is 0.0500. The second kappa shape index (κ2) is 7.17. The van der Waals surface area contributed by atoms with Crippen molar-refractivity contribution in [3.8, 4) is 22.8 Å². The van der Waals surface area contributed by atoms with Crippen molar-refractivity contribution >= 4 is 17.5 Å². The van der Waals surface area contributed by atoms with Gasteiger partial charge in [0.25, 0.3) is 0 Å². The molecule has 0 aliphatic carbocycles. The van der Waals surface area contributed by atoms with Crippen LogP contribution in [-0.4, -0.2) is 15.0 Å². The number of benzene rings is 1. The van der Waals surface area contributed by atoms with Crippen molar-refractivity contribution in [2.75, 3.05) is 11.1 Å². The van der Waals surface area contributed by atoms with Crippen molar-refractivity contribution in [1.82, 2.24) is 15.0 Å². The molecular formula is C20H17N5O2. The fourth-order valence-corrected chi connectivity index (χ4v) is 2.56. The summed E-state index contributed by atoms with van der Waals surface area (Å²) in [7, 11) is 0. The number of hydrogen-bond donors (Lipinski definition) is 2. The van der Waals surface area contributed by atoms with E-state index in [-0.39, 0.29) is 5.95 Å². The number of nitrogens with two attached hydrogens (primary N) is 1. The van der Waals surface area contributed by atoms with E-state index in [0.717, 1.165) is 28.4 Å². The van der Waals surface area contributed by atoms with Gasteiger partial charge in [0, 0.05) is 35.3 Å². The van der Waals surface area contributed by atoms with Crippen LogP contribution in [0.3, 0.4) is 0 Å². The molecule has 1 aromatic carbocycles. The van der Waals surface area contributed by atoms with Gasteiger partial charge >= 0.3 is 0 Å². The zero-order valence-corrected chi connectivity index (χ0v) is 14.6. The van der Waals surface area contributed by atoms with Crippen LogP contribution in [-0.2, 0) is 0 Å². The van der Waals surface area contributed by atoms with Crippen LogP contribution in [0.5, 0.6) is 11.5 Å². The largest absolute Gasteiger partial charge is 0.472 e. The van der Waals surface area contributed by atoms with Crippen LogP contribution in [0.2, 0.25) is 0 Å². The van der Waals surface area contributed by atoms with Crippen LogP contribution in [0.15, 0.2) is 71.7 Å². The second-order valence-electron chi connectivity index (χ2n) is 5.89. The highest BCUT2D eigenvalue weighted by Gasteiger charge is 2.07. The van der Waals surface area contributed by atoms with Gasteiger partial charge in [-0.05, 0) is 43.3 Å². The van der Waals surface area contributed by atoms with Gasteiger partial charge in [0.2, 0.25) is 5.95 Å². The summed E-state index contributed by atoms with van der Waals surface area (Å²) < 4.78 is 10.9. The van der Waals surface area contributed by atoms with Gasteiger partial charge in [0.15, 0.2) is 0 Å². The van der Waals surface area contributed by atoms with Gasteiger partial charge in [-0.1, -0.05) is 0 Å². The van der Waals surface area contributed by atoms with Gasteiger partial charge in [-0.25, -0.2) is 4.98 Å². The molecule has 27 heavy (non-hydrogen) atoms. The lowest BCUT2D eigenvalue weighted by atomic mass is 10.2. The van der Waals surface area contributed by atoms with Crippen LogP contribution in [0.1, 0.15) is 5.69 Å². The van der Waals surface area contributed by atoms with E-state index in [1.165, 1.54) is 0 Å². The van der Waals surface area contributed by atoms with Gasteiger partial charge in [0.1, 0.15) is 17.3 Å². The molecule has 3 N–H and O–H groups in total. The lowest BCUT2D eigenvalue weighted by molar-refractivity contribution is 0.481. The van der Waals surface area contributed by atoms with Gasteiger partial charge < -0.3 is 20.2 Å².